The van der Waals surface area contributed by atoms with Gasteiger partial charge in [-0.25, -0.2) is 4.39 Å². The van der Waals surface area contributed by atoms with Gasteiger partial charge in [0.25, 0.3) is 0 Å². The molecule has 0 heterocycles. The van der Waals surface area contributed by atoms with Crippen LogP contribution in [0, 0.1) is 11.7 Å². The molecule has 2 atom stereocenters. The molecule has 114 valence electrons. The van der Waals surface area contributed by atoms with Crippen molar-refractivity contribution in [2.75, 3.05) is 6.54 Å². The zero-order valence-electron chi connectivity index (χ0n) is 12.1. The van der Waals surface area contributed by atoms with Crippen LogP contribution in [0.25, 0.3) is 6.08 Å². The monoisotopic (exact) mass is 291 g/mol. The molecule has 0 saturated heterocycles. The molecule has 1 aromatic carbocycles. The summed E-state index contributed by atoms with van der Waals surface area (Å²) in [4.78, 5) is 11.7. The number of hydrogen-bond acceptors (Lipinski definition) is 2. The van der Waals surface area contributed by atoms with Crippen molar-refractivity contribution in [1.82, 2.24) is 5.32 Å². The average Bonchev–Trinajstić information content (AvgIpc) is 2.47. The lowest BCUT2D eigenvalue weighted by atomic mass is 9.87. The third-order valence-electron chi connectivity index (χ3n) is 3.85. The van der Waals surface area contributed by atoms with Crippen LogP contribution in [0.2, 0.25) is 0 Å². The van der Waals surface area contributed by atoms with E-state index in [4.69, 9.17) is 0 Å². The second-order valence-corrected chi connectivity index (χ2v) is 5.62. The van der Waals surface area contributed by atoms with E-state index in [1.165, 1.54) is 6.07 Å². The van der Waals surface area contributed by atoms with Crippen LogP contribution in [0.4, 0.5) is 4.39 Å². The summed E-state index contributed by atoms with van der Waals surface area (Å²) < 4.78 is 13.4. The number of hydrogen-bond donors (Lipinski definition) is 2. The fourth-order valence-corrected chi connectivity index (χ4v) is 2.68. The van der Waals surface area contributed by atoms with E-state index >= 15 is 0 Å². The van der Waals surface area contributed by atoms with Crippen LogP contribution in [0.5, 0.6) is 0 Å². The maximum absolute atomic E-state index is 13.4. The van der Waals surface area contributed by atoms with E-state index in [0.29, 0.717) is 18.0 Å². The first-order valence-electron chi connectivity index (χ1n) is 7.51. The minimum absolute atomic E-state index is 0.0670. The first-order valence-corrected chi connectivity index (χ1v) is 7.51. The van der Waals surface area contributed by atoms with E-state index in [2.05, 4.69) is 5.32 Å². The molecule has 1 aliphatic carbocycles. The van der Waals surface area contributed by atoms with E-state index in [-0.39, 0.29) is 24.2 Å². The molecule has 1 aromatic rings. The molecule has 4 heteroatoms. The Kier molecular flexibility index (Phi) is 5.93. The van der Waals surface area contributed by atoms with E-state index in [0.717, 1.165) is 25.7 Å². The smallest absolute Gasteiger partial charge is 0.223 e. The molecule has 1 saturated carbocycles. The lowest BCUT2D eigenvalue weighted by molar-refractivity contribution is -0.120. The van der Waals surface area contributed by atoms with Crippen LogP contribution < -0.4 is 5.32 Å². The Balaban J connectivity index is 1.71. The van der Waals surface area contributed by atoms with Crippen LogP contribution in [0.1, 0.15) is 37.7 Å². The van der Waals surface area contributed by atoms with Gasteiger partial charge in [-0.1, -0.05) is 36.8 Å². The van der Waals surface area contributed by atoms with Crippen molar-refractivity contribution in [3.8, 4) is 0 Å². The van der Waals surface area contributed by atoms with Gasteiger partial charge in [-0.15, -0.1) is 0 Å². The Bertz CT molecular complexity index is 501. The minimum atomic E-state index is -0.287. The fraction of sp³-hybridized carbons (Fsp3) is 0.471. The molecule has 0 radical (unpaired) electrons. The Hall–Kier alpha value is -1.68. The molecule has 3 nitrogen and oxygen atoms in total. The van der Waals surface area contributed by atoms with E-state index in [9.17, 15) is 14.3 Å². The Morgan fingerprint density at radius 3 is 2.95 bits per heavy atom. The van der Waals surface area contributed by atoms with E-state index in [1.807, 2.05) is 0 Å². The van der Waals surface area contributed by atoms with Crippen molar-refractivity contribution in [2.45, 2.75) is 38.2 Å². The molecule has 21 heavy (non-hydrogen) atoms. The maximum atomic E-state index is 13.4. The molecule has 0 spiro atoms. The van der Waals surface area contributed by atoms with Crippen LogP contribution in [0.15, 0.2) is 30.3 Å². The first-order chi connectivity index (χ1) is 10.1. The summed E-state index contributed by atoms with van der Waals surface area (Å²) in [5.74, 6) is 0.0150. The van der Waals surface area contributed by atoms with Gasteiger partial charge in [-0.05, 0) is 31.2 Å². The van der Waals surface area contributed by atoms with E-state index < -0.39 is 0 Å². The summed E-state index contributed by atoms with van der Waals surface area (Å²) in [5.41, 5.74) is 0.487. The second kappa shape index (κ2) is 7.93. The van der Waals surface area contributed by atoms with Crippen molar-refractivity contribution in [3.05, 3.63) is 41.7 Å². The topological polar surface area (TPSA) is 49.3 Å². The number of halogens is 1. The number of carbonyl (C=O) groups excluding carboxylic acids is 1. The largest absolute Gasteiger partial charge is 0.393 e. The highest BCUT2D eigenvalue weighted by Gasteiger charge is 2.20. The number of aliphatic hydroxyl groups is 1. The van der Waals surface area contributed by atoms with Gasteiger partial charge in [-0.3, -0.25) is 4.79 Å². The van der Waals surface area contributed by atoms with Gasteiger partial charge >= 0.3 is 0 Å². The number of nitrogens with one attached hydrogen (secondary N) is 1. The van der Waals surface area contributed by atoms with Crippen molar-refractivity contribution in [2.24, 2.45) is 5.92 Å². The van der Waals surface area contributed by atoms with Crippen molar-refractivity contribution in [1.29, 1.82) is 0 Å². The van der Waals surface area contributed by atoms with Gasteiger partial charge in [0.15, 0.2) is 0 Å². The van der Waals surface area contributed by atoms with Crippen LogP contribution in [0.3, 0.4) is 0 Å². The molecule has 0 aliphatic heterocycles. The number of amides is 1. The predicted octanol–water partition coefficient (Wildman–Crippen LogP) is 2.90. The number of carbonyl (C=O) groups is 1. The summed E-state index contributed by atoms with van der Waals surface area (Å²) in [6.45, 7) is 0.615. The minimum Gasteiger partial charge on any atom is -0.393 e. The highest BCUT2D eigenvalue weighted by atomic mass is 19.1. The highest BCUT2D eigenvalue weighted by Crippen LogP contribution is 2.23. The van der Waals surface area contributed by atoms with Crippen LogP contribution in [-0.4, -0.2) is 23.7 Å². The number of rotatable bonds is 5. The third-order valence-corrected chi connectivity index (χ3v) is 3.85. The van der Waals surface area contributed by atoms with Gasteiger partial charge in [0.1, 0.15) is 5.82 Å². The summed E-state index contributed by atoms with van der Waals surface area (Å²) >= 11 is 0. The fourth-order valence-electron chi connectivity index (χ4n) is 2.68. The zero-order valence-corrected chi connectivity index (χ0v) is 12.1. The maximum Gasteiger partial charge on any atom is 0.223 e. The lowest BCUT2D eigenvalue weighted by Gasteiger charge is -2.25. The Morgan fingerprint density at radius 1 is 1.38 bits per heavy atom. The van der Waals surface area contributed by atoms with Crippen molar-refractivity contribution >= 4 is 12.0 Å². The van der Waals surface area contributed by atoms with E-state index in [1.54, 1.807) is 30.4 Å². The van der Waals surface area contributed by atoms with Crippen LogP contribution in [-0.2, 0) is 4.79 Å². The normalized spacial score (nSPS) is 22.4. The molecule has 1 aliphatic rings. The molecule has 0 aromatic heterocycles. The standard InChI is InChI=1S/C17H22FNO2/c18-16-9-2-1-6-14(16)7-4-10-17(21)19-12-13-5-3-8-15(20)11-13/h1-2,4,6-7,9,13,15,20H,3,5,8,10-12H2,(H,19,21)/b7-4+. The van der Waals surface area contributed by atoms with Gasteiger partial charge in [0, 0.05) is 18.5 Å². The molecule has 1 fully saturated rings. The summed E-state index contributed by atoms with van der Waals surface area (Å²) in [6, 6.07) is 6.47. The molecule has 2 N–H and O–H groups in total. The van der Waals surface area contributed by atoms with Crippen molar-refractivity contribution < 1.29 is 14.3 Å². The Morgan fingerprint density at radius 2 is 2.19 bits per heavy atom. The molecule has 2 unspecified atom stereocenters. The molecular formula is C17H22FNO2. The van der Waals surface area contributed by atoms with Crippen LogP contribution >= 0.6 is 0 Å². The summed E-state index contributed by atoms with van der Waals surface area (Å²) in [6.07, 6.45) is 7.03. The Labute approximate surface area is 124 Å². The van der Waals surface area contributed by atoms with Gasteiger partial charge < -0.3 is 10.4 Å². The van der Waals surface area contributed by atoms with Gasteiger partial charge in [0.2, 0.25) is 5.91 Å². The second-order valence-electron chi connectivity index (χ2n) is 5.62. The quantitative estimate of drug-likeness (QED) is 0.876. The number of aliphatic hydroxyl groups excluding tert-OH is 1. The van der Waals surface area contributed by atoms with Crippen molar-refractivity contribution in [3.63, 3.8) is 0 Å². The molecular weight excluding hydrogens is 269 g/mol. The van der Waals surface area contributed by atoms with Gasteiger partial charge in [0.05, 0.1) is 6.10 Å². The molecule has 0 bridgehead atoms. The highest BCUT2D eigenvalue weighted by molar-refractivity contribution is 5.78. The summed E-state index contributed by atoms with van der Waals surface area (Å²) in [5, 5.41) is 12.5. The van der Waals surface area contributed by atoms with Gasteiger partial charge in [-0.2, -0.15) is 0 Å². The molecule has 2 rings (SSSR count). The lowest BCUT2D eigenvalue weighted by Crippen LogP contribution is -2.32. The predicted molar refractivity (Wildman–Crippen MR) is 81.0 cm³/mol. The zero-order chi connectivity index (χ0) is 15.1. The molecule has 1 amide bonds. The number of benzene rings is 1. The summed E-state index contributed by atoms with van der Waals surface area (Å²) in [7, 11) is 0. The third kappa shape index (κ3) is 5.31. The first kappa shape index (κ1) is 15.7. The average molecular weight is 291 g/mol. The SMILES string of the molecule is O=C(C/C=C/c1ccccc1F)NCC1CCCC(O)C1.